The van der Waals surface area contributed by atoms with Crippen molar-refractivity contribution in [2.45, 2.75) is 39.0 Å². The smallest absolute Gasteiger partial charge is 0.338 e. The largest absolute Gasteiger partial charge is 0.452 e. The van der Waals surface area contributed by atoms with Gasteiger partial charge in [0.2, 0.25) is 0 Å². The number of amides is 1. The summed E-state index contributed by atoms with van der Waals surface area (Å²) < 4.78 is 5.18. The van der Waals surface area contributed by atoms with Crippen LogP contribution in [0.2, 0.25) is 0 Å². The predicted octanol–water partition coefficient (Wildman–Crippen LogP) is 3.92. The summed E-state index contributed by atoms with van der Waals surface area (Å²) in [7, 11) is 0. The maximum atomic E-state index is 12.2. The molecule has 0 unspecified atom stereocenters. The van der Waals surface area contributed by atoms with Crippen molar-refractivity contribution in [3.8, 4) is 0 Å². The van der Waals surface area contributed by atoms with Crippen LogP contribution in [-0.4, -0.2) is 18.5 Å². The summed E-state index contributed by atoms with van der Waals surface area (Å²) in [4.78, 5) is 24.3. The van der Waals surface area contributed by atoms with Crippen molar-refractivity contribution >= 4 is 17.6 Å². The monoisotopic (exact) mass is 337 g/mol. The highest BCUT2D eigenvalue weighted by atomic mass is 16.5. The number of aryl methyl sites for hydroxylation is 3. The first-order valence-electron chi connectivity index (χ1n) is 8.84. The summed E-state index contributed by atoms with van der Waals surface area (Å²) in [6, 6.07) is 13.3. The number of ether oxygens (including phenoxy) is 1. The SMILES string of the molecule is CCc1ccccc1NC(=O)COC(=O)c1ccc2c(c1)CCCC2. The lowest BCUT2D eigenvalue weighted by atomic mass is 9.90. The van der Waals surface area contributed by atoms with E-state index in [0.29, 0.717) is 5.56 Å². The number of nitrogens with one attached hydrogen (secondary N) is 1. The molecule has 1 amide bonds. The van der Waals surface area contributed by atoms with Gasteiger partial charge in [-0.25, -0.2) is 4.79 Å². The topological polar surface area (TPSA) is 55.4 Å². The predicted molar refractivity (Wildman–Crippen MR) is 97.8 cm³/mol. The van der Waals surface area contributed by atoms with Gasteiger partial charge in [0.05, 0.1) is 5.56 Å². The molecule has 0 fully saturated rings. The minimum atomic E-state index is -0.452. The van der Waals surface area contributed by atoms with Crippen LogP contribution in [0.4, 0.5) is 5.69 Å². The Labute approximate surface area is 148 Å². The second-order valence-electron chi connectivity index (χ2n) is 6.33. The molecule has 1 N–H and O–H groups in total. The van der Waals surface area contributed by atoms with Gasteiger partial charge in [-0.15, -0.1) is 0 Å². The summed E-state index contributed by atoms with van der Waals surface area (Å²) in [5.41, 5.74) is 4.87. The third-order valence-electron chi connectivity index (χ3n) is 4.59. The minimum Gasteiger partial charge on any atom is -0.452 e. The summed E-state index contributed by atoms with van der Waals surface area (Å²) in [5.74, 6) is -0.778. The maximum absolute atomic E-state index is 12.2. The number of hydrogen-bond acceptors (Lipinski definition) is 3. The maximum Gasteiger partial charge on any atom is 0.338 e. The van der Waals surface area contributed by atoms with Crippen molar-refractivity contribution in [1.29, 1.82) is 0 Å². The quantitative estimate of drug-likeness (QED) is 0.841. The van der Waals surface area contributed by atoms with E-state index in [-0.39, 0.29) is 12.5 Å². The average molecular weight is 337 g/mol. The van der Waals surface area contributed by atoms with Gasteiger partial charge in [-0.3, -0.25) is 4.79 Å². The molecule has 1 aliphatic carbocycles. The van der Waals surface area contributed by atoms with E-state index >= 15 is 0 Å². The van der Waals surface area contributed by atoms with Gasteiger partial charge in [-0.05, 0) is 67.0 Å². The van der Waals surface area contributed by atoms with Gasteiger partial charge in [0.15, 0.2) is 6.61 Å². The van der Waals surface area contributed by atoms with Gasteiger partial charge in [0, 0.05) is 5.69 Å². The number of fused-ring (bicyclic) bond motifs is 1. The molecular weight excluding hydrogens is 314 g/mol. The summed E-state index contributed by atoms with van der Waals surface area (Å²) in [5, 5.41) is 2.80. The second-order valence-corrected chi connectivity index (χ2v) is 6.33. The van der Waals surface area contributed by atoms with Gasteiger partial charge in [-0.1, -0.05) is 31.2 Å². The Bertz CT molecular complexity index is 782. The third kappa shape index (κ3) is 4.27. The zero-order valence-electron chi connectivity index (χ0n) is 14.5. The van der Waals surface area contributed by atoms with Crippen LogP contribution in [-0.2, 0) is 28.8 Å². The Morgan fingerprint density at radius 1 is 1.04 bits per heavy atom. The molecule has 0 saturated carbocycles. The van der Waals surface area contributed by atoms with E-state index in [1.54, 1.807) is 6.07 Å². The van der Waals surface area contributed by atoms with Crippen LogP contribution in [0.5, 0.6) is 0 Å². The Hall–Kier alpha value is -2.62. The zero-order valence-corrected chi connectivity index (χ0v) is 14.5. The second kappa shape index (κ2) is 7.97. The molecular formula is C21H23NO3. The molecule has 2 aromatic rings. The highest BCUT2D eigenvalue weighted by molar-refractivity contribution is 5.96. The number of benzene rings is 2. The van der Waals surface area contributed by atoms with Crippen molar-refractivity contribution in [3.63, 3.8) is 0 Å². The lowest BCUT2D eigenvalue weighted by Gasteiger charge is -2.16. The number of anilines is 1. The molecule has 1 aliphatic rings. The first kappa shape index (κ1) is 17.2. The first-order valence-corrected chi connectivity index (χ1v) is 8.84. The highest BCUT2D eigenvalue weighted by Gasteiger charge is 2.15. The number of rotatable bonds is 5. The van der Waals surface area contributed by atoms with Crippen molar-refractivity contribution in [2.24, 2.45) is 0 Å². The van der Waals surface area contributed by atoms with E-state index in [4.69, 9.17) is 4.74 Å². The molecule has 130 valence electrons. The molecule has 0 spiro atoms. The van der Waals surface area contributed by atoms with Gasteiger partial charge in [0.1, 0.15) is 0 Å². The average Bonchev–Trinajstić information content (AvgIpc) is 2.66. The summed E-state index contributed by atoms with van der Waals surface area (Å²) in [6.45, 7) is 1.75. The van der Waals surface area contributed by atoms with Crippen LogP contribution < -0.4 is 5.32 Å². The molecule has 0 aliphatic heterocycles. The third-order valence-corrected chi connectivity index (χ3v) is 4.59. The first-order chi connectivity index (χ1) is 12.2. The molecule has 0 saturated heterocycles. The Morgan fingerprint density at radius 2 is 1.80 bits per heavy atom. The molecule has 0 radical (unpaired) electrons. The number of hydrogen-bond donors (Lipinski definition) is 1. The molecule has 4 heteroatoms. The fraction of sp³-hybridized carbons (Fsp3) is 0.333. The van der Waals surface area contributed by atoms with E-state index in [1.165, 1.54) is 17.5 Å². The molecule has 0 atom stereocenters. The van der Waals surface area contributed by atoms with E-state index < -0.39 is 5.97 Å². The van der Waals surface area contributed by atoms with E-state index in [9.17, 15) is 9.59 Å². The van der Waals surface area contributed by atoms with Gasteiger partial charge in [-0.2, -0.15) is 0 Å². The van der Waals surface area contributed by atoms with Crippen molar-refractivity contribution in [1.82, 2.24) is 0 Å². The summed E-state index contributed by atoms with van der Waals surface area (Å²) in [6.07, 6.45) is 5.26. The normalized spacial score (nSPS) is 13.0. The number of carbonyl (C=O) groups is 2. The molecule has 0 aromatic heterocycles. The summed E-state index contributed by atoms with van der Waals surface area (Å²) >= 11 is 0. The standard InChI is InChI=1S/C21H23NO3/c1-2-15-7-5-6-10-19(15)22-20(23)14-25-21(24)18-12-11-16-8-3-4-9-17(16)13-18/h5-7,10-13H,2-4,8-9,14H2,1H3,(H,22,23). The van der Waals surface area contributed by atoms with Gasteiger partial charge < -0.3 is 10.1 Å². The van der Waals surface area contributed by atoms with Crippen LogP contribution in [0.1, 0.15) is 46.8 Å². The van der Waals surface area contributed by atoms with Crippen molar-refractivity contribution in [3.05, 3.63) is 64.7 Å². The van der Waals surface area contributed by atoms with Gasteiger partial charge >= 0.3 is 5.97 Å². The molecule has 3 rings (SSSR count). The Morgan fingerprint density at radius 3 is 2.60 bits per heavy atom. The number of para-hydroxylation sites is 1. The van der Waals surface area contributed by atoms with Gasteiger partial charge in [0.25, 0.3) is 5.91 Å². The molecule has 2 aromatic carbocycles. The number of carbonyl (C=O) groups excluding carboxylic acids is 2. The fourth-order valence-corrected chi connectivity index (χ4v) is 3.21. The van der Waals surface area contributed by atoms with E-state index in [2.05, 4.69) is 5.32 Å². The Kier molecular flexibility index (Phi) is 5.49. The molecule has 25 heavy (non-hydrogen) atoms. The van der Waals surface area contributed by atoms with Crippen molar-refractivity contribution < 1.29 is 14.3 Å². The van der Waals surface area contributed by atoms with Crippen molar-refractivity contribution in [2.75, 3.05) is 11.9 Å². The highest BCUT2D eigenvalue weighted by Crippen LogP contribution is 2.22. The number of esters is 1. The lowest BCUT2D eigenvalue weighted by molar-refractivity contribution is -0.119. The molecule has 4 nitrogen and oxygen atoms in total. The fourth-order valence-electron chi connectivity index (χ4n) is 3.21. The van der Waals surface area contributed by atoms with Crippen LogP contribution in [0, 0.1) is 0 Å². The van der Waals surface area contributed by atoms with E-state index in [1.807, 2.05) is 43.3 Å². The van der Waals surface area contributed by atoms with Crippen LogP contribution in [0.25, 0.3) is 0 Å². The minimum absolute atomic E-state index is 0.284. The lowest BCUT2D eigenvalue weighted by Crippen LogP contribution is -2.21. The Balaban J connectivity index is 1.57. The van der Waals surface area contributed by atoms with Crippen LogP contribution in [0.15, 0.2) is 42.5 Å². The van der Waals surface area contributed by atoms with Crippen LogP contribution in [0.3, 0.4) is 0 Å². The molecule has 0 bridgehead atoms. The van der Waals surface area contributed by atoms with Crippen LogP contribution >= 0.6 is 0 Å². The van der Waals surface area contributed by atoms with E-state index in [0.717, 1.165) is 36.9 Å². The zero-order chi connectivity index (χ0) is 17.6. The molecule has 0 heterocycles.